The number of hydrogen-bond donors (Lipinski definition) is 1. The highest BCUT2D eigenvalue weighted by Gasteiger charge is 2.36. The van der Waals surface area contributed by atoms with Crippen molar-refractivity contribution in [2.75, 3.05) is 19.6 Å². The predicted octanol–water partition coefficient (Wildman–Crippen LogP) is 3.54. The van der Waals surface area contributed by atoms with Crippen LogP contribution in [-0.2, 0) is 6.61 Å². The molecule has 1 saturated heterocycles. The zero-order valence-corrected chi connectivity index (χ0v) is 15.2. The first kappa shape index (κ1) is 17.3. The Balaban J connectivity index is 0.00000169. The molecule has 2 aromatic rings. The molecule has 1 aromatic heterocycles. The summed E-state index contributed by atoms with van der Waals surface area (Å²) in [5.41, 5.74) is 8.11. The van der Waals surface area contributed by atoms with Gasteiger partial charge in [-0.1, -0.05) is 19.1 Å². The van der Waals surface area contributed by atoms with Crippen LogP contribution in [0.15, 0.2) is 30.3 Å². The Kier molecular flexibility index (Phi) is 4.60. The van der Waals surface area contributed by atoms with E-state index in [1.807, 2.05) is 29.2 Å². The number of nitrogens with zero attached hydrogens (tertiary/aromatic N) is 1. The molecule has 3 heterocycles. The molecule has 1 fully saturated rings. The van der Waals surface area contributed by atoms with Crippen molar-refractivity contribution in [2.45, 2.75) is 20.0 Å². The molecule has 1 aromatic carbocycles. The van der Waals surface area contributed by atoms with Crippen molar-refractivity contribution in [1.82, 2.24) is 4.90 Å². The van der Waals surface area contributed by atoms with E-state index in [0.29, 0.717) is 13.2 Å². The Morgan fingerprint density at radius 1 is 1.42 bits per heavy atom. The Labute approximate surface area is 152 Å². The van der Waals surface area contributed by atoms with E-state index in [2.05, 4.69) is 13.0 Å². The second-order valence-electron chi connectivity index (χ2n) is 6.74. The summed E-state index contributed by atoms with van der Waals surface area (Å²) >= 11 is 1.58. The van der Waals surface area contributed by atoms with Crippen molar-refractivity contribution >= 4 is 29.7 Å². The summed E-state index contributed by atoms with van der Waals surface area (Å²) in [6.45, 7) is 4.86. The van der Waals surface area contributed by atoms with Gasteiger partial charge in [0.1, 0.15) is 12.4 Å². The smallest absolute Gasteiger partial charge is 0.263 e. The Morgan fingerprint density at radius 3 is 2.96 bits per heavy atom. The highest BCUT2D eigenvalue weighted by molar-refractivity contribution is 7.17. The fraction of sp³-hybridized carbons (Fsp3) is 0.389. The SMILES string of the molecule is CC1(CN)CCN(C(=O)c2cc3c(s2)-c2ccccc2OC3)C1.Cl. The number of carbonyl (C=O) groups excluding carboxylic acids is 1. The molecule has 4 rings (SSSR count). The van der Waals surface area contributed by atoms with E-state index in [1.54, 1.807) is 11.3 Å². The predicted molar refractivity (Wildman–Crippen MR) is 99.0 cm³/mol. The molecule has 2 aliphatic heterocycles. The molecule has 4 nitrogen and oxygen atoms in total. The van der Waals surface area contributed by atoms with Crippen LogP contribution in [-0.4, -0.2) is 30.4 Å². The first-order valence-electron chi connectivity index (χ1n) is 7.94. The van der Waals surface area contributed by atoms with Crippen LogP contribution in [0.1, 0.15) is 28.6 Å². The van der Waals surface area contributed by atoms with E-state index in [9.17, 15) is 4.79 Å². The number of para-hydroxylation sites is 1. The van der Waals surface area contributed by atoms with Gasteiger partial charge in [-0.05, 0) is 36.6 Å². The molecular weight excluding hydrogens is 344 g/mol. The third-order valence-corrected chi connectivity index (χ3v) is 6.07. The van der Waals surface area contributed by atoms with Crippen LogP contribution in [0.4, 0.5) is 0 Å². The number of nitrogens with two attached hydrogens (primary N) is 1. The Morgan fingerprint density at radius 2 is 2.21 bits per heavy atom. The largest absolute Gasteiger partial charge is 0.488 e. The lowest BCUT2D eigenvalue weighted by molar-refractivity contribution is 0.0781. The van der Waals surface area contributed by atoms with Crippen LogP contribution in [0.3, 0.4) is 0 Å². The number of benzene rings is 1. The van der Waals surface area contributed by atoms with Crippen LogP contribution < -0.4 is 10.5 Å². The lowest BCUT2D eigenvalue weighted by Gasteiger charge is -2.22. The number of thiophene rings is 1. The summed E-state index contributed by atoms with van der Waals surface area (Å²) in [5.74, 6) is 1.02. The zero-order chi connectivity index (χ0) is 16.0. The molecule has 0 spiro atoms. The number of amides is 1. The fourth-order valence-corrected chi connectivity index (χ4v) is 4.49. The minimum atomic E-state index is 0. The number of fused-ring (bicyclic) bond motifs is 3. The standard InChI is InChI=1S/C18H20N2O2S.ClH/c1-18(10-19)6-7-20(11-18)17(21)15-8-12-9-22-14-5-3-2-4-13(14)16(12)23-15;/h2-5,8H,6-7,9-11,19H2,1H3;1H. The third-order valence-electron chi connectivity index (χ3n) is 4.87. The number of halogens is 1. The maximum atomic E-state index is 12.8. The van der Waals surface area contributed by atoms with Crippen LogP contribution in [0.5, 0.6) is 5.75 Å². The number of hydrogen-bond acceptors (Lipinski definition) is 4. The van der Waals surface area contributed by atoms with Gasteiger partial charge in [0.05, 0.1) is 4.88 Å². The van der Waals surface area contributed by atoms with E-state index >= 15 is 0 Å². The molecule has 1 unspecified atom stereocenters. The number of rotatable bonds is 2. The molecule has 0 saturated carbocycles. The minimum absolute atomic E-state index is 0. The molecule has 2 aliphatic rings. The van der Waals surface area contributed by atoms with Gasteiger partial charge in [0, 0.05) is 29.1 Å². The van der Waals surface area contributed by atoms with Crippen molar-refractivity contribution in [3.63, 3.8) is 0 Å². The summed E-state index contributed by atoms with van der Waals surface area (Å²) in [5, 5.41) is 0. The van der Waals surface area contributed by atoms with Gasteiger partial charge < -0.3 is 15.4 Å². The molecule has 0 radical (unpaired) electrons. The van der Waals surface area contributed by atoms with Gasteiger partial charge in [-0.15, -0.1) is 23.7 Å². The third kappa shape index (κ3) is 2.81. The molecular formula is C18H21ClN2O2S. The maximum Gasteiger partial charge on any atom is 0.263 e. The van der Waals surface area contributed by atoms with E-state index in [1.165, 1.54) is 0 Å². The summed E-state index contributed by atoms with van der Waals surface area (Å²) < 4.78 is 5.78. The normalized spacial score (nSPS) is 21.5. The monoisotopic (exact) mass is 364 g/mol. The van der Waals surface area contributed by atoms with Crippen LogP contribution in [0.2, 0.25) is 0 Å². The molecule has 1 amide bonds. The molecule has 0 bridgehead atoms. The minimum Gasteiger partial charge on any atom is -0.488 e. The Bertz CT molecular complexity index is 776. The van der Waals surface area contributed by atoms with Gasteiger partial charge >= 0.3 is 0 Å². The van der Waals surface area contributed by atoms with Crippen molar-refractivity contribution in [2.24, 2.45) is 11.1 Å². The van der Waals surface area contributed by atoms with E-state index in [0.717, 1.165) is 46.1 Å². The van der Waals surface area contributed by atoms with Crippen LogP contribution in [0.25, 0.3) is 10.4 Å². The quantitative estimate of drug-likeness (QED) is 0.886. The van der Waals surface area contributed by atoms with Crippen molar-refractivity contribution < 1.29 is 9.53 Å². The highest BCUT2D eigenvalue weighted by atomic mass is 35.5. The molecule has 0 aliphatic carbocycles. The molecule has 1 atom stereocenters. The van der Waals surface area contributed by atoms with Gasteiger partial charge in [-0.25, -0.2) is 0 Å². The lowest BCUT2D eigenvalue weighted by atomic mass is 9.90. The van der Waals surface area contributed by atoms with Gasteiger partial charge in [0.15, 0.2) is 0 Å². The summed E-state index contributed by atoms with van der Waals surface area (Å²) in [6.07, 6.45) is 0.978. The summed E-state index contributed by atoms with van der Waals surface area (Å²) in [6, 6.07) is 10.0. The zero-order valence-electron chi connectivity index (χ0n) is 13.6. The number of carbonyl (C=O) groups is 1. The van der Waals surface area contributed by atoms with E-state index in [4.69, 9.17) is 10.5 Å². The topological polar surface area (TPSA) is 55.6 Å². The summed E-state index contributed by atoms with van der Waals surface area (Å²) in [7, 11) is 0. The van der Waals surface area contributed by atoms with E-state index in [-0.39, 0.29) is 23.7 Å². The van der Waals surface area contributed by atoms with Gasteiger partial charge in [0.25, 0.3) is 5.91 Å². The van der Waals surface area contributed by atoms with Gasteiger partial charge in [-0.2, -0.15) is 0 Å². The number of ether oxygens (including phenoxy) is 1. The number of likely N-dealkylation sites (tertiary alicyclic amines) is 1. The molecule has 2 N–H and O–H groups in total. The van der Waals surface area contributed by atoms with Crippen molar-refractivity contribution in [3.8, 4) is 16.2 Å². The van der Waals surface area contributed by atoms with Crippen LogP contribution >= 0.6 is 23.7 Å². The second kappa shape index (κ2) is 6.39. The average Bonchev–Trinajstić information content (AvgIpc) is 3.19. The molecule has 24 heavy (non-hydrogen) atoms. The van der Waals surface area contributed by atoms with Gasteiger partial charge in [-0.3, -0.25) is 4.79 Å². The first-order valence-corrected chi connectivity index (χ1v) is 8.75. The Hall–Kier alpha value is -1.56. The van der Waals surface area contributed by atoms with Crippen molar-refractivity contribution in [1.29, 1.82) is 0 Å². The van der Waals surface area contributed by atoms with Crippen molar-refractivity contribution in [3.05, 3.63) is 40.8 Å². The van der Waals surface area contributed by atoms with Gasteiger partial charge in [0.2, 0.25) is 0 Å². The molecule has 128 valence electrons. The summed E-state index contributed by atoms with van der Waals surface area (Å²) in [4.78, 5) is 16.7. The molecule has 6 heteroatoms. The maximum absolute atomic E-state index is 12.8. The fourth-order valence-electron chi connectivity index (χ4n) is 3.32. The average molecular weight is 365 g/mol. The van der Waals surface area contributed by atoms with E-state index < -0.39 is 0 Å². The first-order chi connectivity index (χ1) is 11.1. The van der Waals surface area contributed by atoms with Crippen LogP contribution in [0, 0.1) is 5.41 Å². The lowest BCUT2D eigenvalue weighted by Crippen LogP contribution is -2.34. The highest BCUT2D eigenvalue weighted by Crippen LogP contribution is 2.43. The second-order valence-corrected chi connectivity index (χ2v) is 7.79.